The second-order valence-corrected chi connectivity index (χ2v) is 8.10. The van der Waals surface area contributed by atoms with E-state index in [0.717, 1.165) is 0 Å². The zero-order valence-electron chi connectivity index (χ0n) is 11.7. The van der Waals surface area contributed by atoms with Gasteiger partial charge in [0.1, 0.15) is 5.75 Å². The summed E-state index contributed by atoms with van der Waals surface area (Å²) in [6.45, 7) is 2.07. The maximum absolute atomic E-state index is 12.2. The van der Waals surface area contributed by atoms with Gasteiger partial charge in [-0.2, -0.15) is 8.78 Å². The Labute approximate surface area is 118 Å². The average molecular weight is 307 g/mol. The fourth-order valence-electron chi connectivity index (χ4n) is 1.44. The van der Waals surface area contributed by atoms with Crippen molar-refractivity contribution in [1.82, 2.24) is 0 Å². The molecule has 114 valence electrons. The summed E-state index contributed by atoms with van der Waals surface area (Å²) >= 11 is 0. The molecule has 7 heteroatoms. The van der Waals surface area contributed by atoms with Crippen LogP contribution in [0.15, 0.2) is 24.3 Å². The van der Waals surface area contributed by atoms with E-state index in [4.69, 9.17) is 0 Å². The van der Waals surface area contributed by atoms with Crippen LogP contribution in [0, 0.1) is 0 Å². The topological polar surface area (TPSA) is 55.4 Å². The molecule has 0 aromatic heterocycles. The van der Waals surface area contributed by atoms with Crippen LogP contribution in [0.5, 0.6) is 5.75 Å². The smallest absolute Gasteiger partial charge is 0.387 e. The molecule has 0 saturated heterocycles. The maximum Gasteiger partial charge on any atom is 0.387 e. The van der Waals surface area contributed by atoms with Crippen LogP contribution < -0.4 is 10.1 Å². The zero-order chi connectivity index (χ0) is 15.4. The Morgan fingerprint density at radius 1 is 1.25 bits per heavy atom. The van der Waals surface area contributed by atoms with E-state index in [-0.39, 0.29) is 18.0 Å². The van der Waals surface area contributed by atoms with Gasteiger partial charge in [0.25, 0.3) is 0 Å². The van der Waals surface area contributed by atoms with Crippen LogP contribution in [0.2, 0.25) is 0 Å². The molecule has 0 fully saturated rings. The van der Waals surface area contributed by atoms with Gasteiger partial charge in [-0.15, -0.1) is 0 Å². The van der Waals surface area contributed by atoms with E-state index < -0.39 is 21.2 Å². The molecule has 0 unspecified atom stereocenters. The third kappa shape index (κ3) is 4.63. The molecule has 20 heavy (non-hydrogen) atoms. The number of nitrogens with one attached hydrogen (secondary N) is 1. The minimum Gasteiger partial charge on any atom is -0.433 e. The molecule has 0 bridgehead atoms. The van der Waals surface area contributed by atoms with Crippen molar-refractivity contribution >= 4 is 15.5 Å². The number of hydrogen-bond donors (Lipinski definition) is 1. The lowest BCUT2D eigenvalue weighted by Gasteiger charge is -2.19. The summed E-state index contributed by atoms with van der Waals surface area (Å²) in [6, 6.07) is 6.17. The quantitative estimate of drug-likeness (QED) is 0.878. The van der Waals surface area contributed by atoms with E-state index in [1.165, 1.54) is 6.07 Å². The van der Waals surface area contributed by atoms with Crippen LogP contribution in [0.3, 0.4) is 0 Å². The number of halogens is 2. The number of benzene rings is 1. The Balaban J connectivity index is 2.68. The first-order chi connectivity index (χ1) is 9.13. The molecule has 0 amide bonds. The molecule has 1 N–H and O–H groups in total. The standard InChI is InChI=1S/C13H19F2NO3S/c1-13(2,3)20(17,18)9-8-16-10-6-4-5-7-11(10)19-12(14)15/h4-7,12,16H,8-9H2,1-3H3. The van der Waals surface area contributed by atoms with Gasteiger partial charge in [-0.25, -0.2) is 8.42 Å². The van der Waals surface area contributed by atoms with Crippen LogP contribution in [-0.4, -0.2) is 32.1 Å². The molecule has 1 aromatic rings. The molecule has 0 heterocycles. The van der Waals surface area contributed by atoms with Gasteiger partial charge in [0.2, 0.25) is 0 Å². The molecular formula is C13H19F2NO3S. The average Bonchev–Trinajstić information content (AvgIpc) is 2.29. The van der Waals surface area contributed by atoms with E-state index in [1.54, 1.807) is 39.0 Å². The molecular weight excluding hydrogens is 288 g/mol. The third-order valence-corrected chi connectivity index (χ3v) is 5.33. The van der Waals surface area contributed by atoms with E-state index in [9.17, 15) is 17.2 Å². The van der Waals surface area contributed by atoms with E-state index >= 15 is 0 Å². The fourth-order valence-corrected chi connectivity index (χ4v) is 2.42. The van der Waals surface area contributed by atoms with Gasteiger partial charge in [-0.1, -0.05) is 12.1 Å². The molecule has 1 aromatic carbocycles. The number of para-hydroxylation sites is 2. The zero-order valence-corrected chi connectivity index (χ0v) is 12.5. The number of ether oxygens (including phenoxy) is 1. The largest absolute Gasteiger partial charge is 0.433 e. The Kier molecular flexibility index (Phi) is 5.33. The van der Waals surface area contributed by atoms with Crippen molar-refractivity contribution in [3.63, 3.8) is 0 Å². The predicted octanol–water partition coefficient (Wildman–Crippen LogP) is 2.91. The molecule has 0 radical (unpaired) electrons. The molecule has 0 spiro atoms. The van der Waals surface area contributed by atoms with Crippen LogP contribution in [0.4, 0.5) is 14.5 Å². The summed E-state index contributed by atoms with van der Waals surface area (Å²) in [7, 11) is -3.26. The summed E-state index contributed by atoms with van der Waals surface area (Å²) in [4.78, 5) is 0. The molecule has 0 saturated carbocycles. The molecule has 0 aliphatic heterocycles. The van der Waals surface area contributed by atoms with Gasteiger partial charge in [-0.05, 0) is 32.9 Å². The highest BCUT2D eigenvalue weighted by atomic mass is 32.2. The Morgan fingerprint density at radius 3 is 2.40 bits per heavy atom. The van der Waals surface area contributed by atoms with Crippen molar-refractivity contribution in [2.45, 2.75) is 32.1 Å². The van der Waals surface area contributed by atoms with Gasteiger partial charge >= 0.3 is 6.61 Å². The van der Waals surface area contributed by atoms with E-state index in [2.05, 4.69) is 10.1 Å². The van der Waals surface area contributed by atoms with E-state index in [1.807, 2.05) is 0 Å². The molecule has 4 nitrogen and oxygen atoms in total. The first-order valence-corrected chi connectivity index (χ1v) is 7.79. The van der Waals surface area contributed by atoms with Crippen LogP contribution in [-0.2, 0) is 9.84 Å². The van der Waals surface area contributed by atoms with Gasteiger partial charge in [0, 0.05) is 6.54 Å². The third-order valence-electron chi connectivity index (χ3n) is 2.72. The predicted molar refractivity (Wildman–Crippen MR) is 75.1 cm³/mol. The number of rotatable bonds is 6. The highest BCUT2D eigenvalue weighted by molar-refractivity contribution is 7.92. The Bertz CT molecular complexity index is 539. The fraction of sp³-hybridized carbons (Fsp3) is 0.538. The van der Waals surface area contributed by atoms with Crippen molar-refractivity contribution in [2.75, 3.05) is 17.6 Å². The highest BCUT2D eigenvalue weighted by Crippen LogP contribution is 2.25. The van der Waals surface area contributed by atoms with Crippen molar-refractivity contribution in [3.8, 4) is 5.75 Å². The van der Waals surface area contributed by atoms with Gasteiger partial charge in [-0.3, -0.25) is 0 Å². The molecule has 0 aliphatic rings. The minimum atomic E-state index is -3.26. The first kappa shape index (κ1) is 16.7. The van der Waals surface area contributed by atoms with Crippen molar-refractivity contribution in [1.29, 1.82) is 0 Å². The maximum atomic E-state index is 12.2. The van der Waals surface area contributed by atoms with Gasteiger partial charge < -0.3 is 10.1 Å². The second kappa shape index (κ2) is 6.39. The van der Waals surface area contributed by atoms with E-state index in [0.29, 0.717) is 5.69 Å². The lowest BCUT2D eigenvalue weighted by atomic mass is 10.3. The Hall–Kier alpha value is -1.37. The van der Waals surface area contributed by atoms with Crippen LogP contribution in [0.25, 0.3) is 0 Å². The summed E-state index contributed by atoms with van der Waals surface area (Å²) in [5, 5.41) is 2.81. The number of alkyl halides is 2. The van der Waals surface area contributed by atoms with Crippen LogP contribution in [0.1, 0.15) is 20.8 Å². The summed E-state index contributed by atoms with van der Waals surface area (Å²) < 4.78 is 51.8. The van der Waals surface area contributed by atoms with Crippen molar-refractivity contribution < 1.29 is 21.9 Å². The second-order valence-electron chi connectivity index (χ2n) is 5.23. The van der Waals surface area contributed by atoms with Crippen molar-refractivity contribution in [2.24, 2.45) is 0 Å². The summed E-state index contributed by atoms with van der Waals surface area (Å²) in [5.41, 5.74) is 0.344. The summed E-state index contributed by atoms with van der Waals surface area (Å²) in [6.07, 6.45) is 0. The van der Waals surface area contributed by atoms with Crippen LogP contribution >= 0.6 is 0 Å². The first-order valence-electron chi connectivity index (χ1n) is 6.13. The molecule has 0 aliphatic carbocycles. The number of sulfone groups is 1. The summed E-state index contributed by atoms with van der Waals surface area (Å²) in [5.74, 6) is -0.0878. The normalized spacial score (nSPS) is 12.5. The lowest BCUT2D eigenvalue weighted by molar-refractivity contribution is -0.0493. The lowest BCUT2D eigenvalue weighted by Crippen LogP contribution is -2.32. The SMILES string of the molecule is CC(C)(C)S(=O)(=O)CCNc1ccccc1OC(F)F. The van der Waals surface area contributed by atoms with Crippen molar-refractivity contribution in [3.05, 3.63) is 24.3 Å². The number of hydrogen-bond acceptors (Lipinski definition) is 4. The monoisotopic (exact) mass is 307 g/mol. The Morgan fingerprint density at radius 2 is 1.85 bits per heavy atom. The molecule has 0 atom stereocenters. The van der Waals surface area contributed by atoms with Gasteiger partial charge in [0.15, 0.2) is 9.84 Å². The highest BCUT2D eigenvalue weighted by Gasteiger charge is 2.28. The minimum absolute atomic E-state index is 0.00402. The van der Waals surface area contributed by atoms with Gasteiger partial charge in [0.05, 0.1) is 16.2 Å². The number of anilines is 1. The molecule has 1 rings (SSSR count).